The molecule has 1 aromatic heterocycles. The minimum absolute atomic E-state index is 0.00462. The van der Waals surface area contributed by atoms with E-state index < -0.39 is 24.5 Å². The van der Waals surface area contributed by atoms with Crippen LogP contribution in [0.25, 0.3) is 22.6 Å². The first-order chi connectivity index (χ1) is 21.2. The largest absolute Gasteiger partial charge is 0.493 e. The molecule has 0 saturated heterocycles. The Morgan fingerprint density at radius 2 is 1.77 bits per heavy atom. The number of hydrogen-bond acceptors (Lipinski definition) is 7. The van der Waals surface area contributed by atoms with Gasteiger partial charge in [-0.2, -0.15) is 0 Å². The fraction of sp³-hybridized carbons (Fsp3) is 0.429. The van der Waals surface area contributed by atoms with Crippen molar-refractivity contribution in [1.29, 1.82) is 0 Å². The van der Waals surface area contributed by atoms with Crippen LogP contribution in [0.5, 0.6) is 11.5 Å². The third-order valence-corrected chi connectivity index (χ3v) is 9.00. The maximum atomic E-state index is 13.7. The Hall–Kier alpha value is -4.40. The van der Waals surface area contributed by atoms with Gasteiger partial charge < -0.3 is 19.5 Å². The summed E-state index contributed by atoms with van der Waals surface area (Å²) >= 11 is 0. The molecular weight excluding hydrogens is 558 g/mol. The van der Waals surface area contributed by atoms with Crippen LogP contribution in [-0.4, -0.2) is 49.8 Å². The Kier molecular flexibility index (Phi) is 9.52. The van der Waals surface area contributed by atoms with Gasteiger partial charge in [0, 0.05) is 17.0 Å². The number of fused-ring (bicyclic) bond motifs is 2. The molecule has 44 heavy (non-hydrogen) atoms. The van der Waals surface area contributed by atoms with E-state index in [1.165, 1.54) is 0 Å². The molecule has 0 radical (unpaired) electrons. The third kappa shape index (κ3) is 6.56. The summed E-state index contributed by atoms with van der Waals surface area (Å²) in [5.41, 5.74) is 4.34. The van der Waals surface area contributed by atoms with Crippen molar-refractivity contribution >= 4 is 40.5 Å². The van der Waals surface area contributed by atoms with E-state index in [4.69, 9.17) is 19.2 Å². The summed E-state index contributed by atoms with van der Waals surface area (Å²) in [5.74, 6) is 0.969. The highest BCUT2D eigenvalue weighted by Gasteiger charge is 2.31. The van der Waals surface area contributed by atoms with Crippen molar-refractivity contribution < 1.29 is 28.6 Å². The maximum absolute atomic E-state index is 13.7. The van der Waals surface area contributed by atoms with Gasteiger partial charge >= 0.3 is 12.0 Å². The number of allylic oxidation sites excluding steroid dienone is 1. The number of imide groups is 1. The van der Waals surface area contributed by atoms with Crippen LogP contribution in [-0.2, 0) is 16.0 Å². The number of ether oxygens (including phenoxy) is 3. The van der Waals surface area contributed by atoms with E-state index in [-0.39, 0.29) is 12.0 Å². The predicted octanol–water partition coefficient (Wildman–Crippen LogP) is 6.18. The lowest BCUT2D eigenvalue weighted by molar-refractivity contribution is -0.123. The van der Waals surface area contributed by atoms with Gasteiger partial charge in [0.15, 0.2) is 18.1 Å². The van der Waals surface area contributed by atoms with E-state index in [9.17, 15) is 14.4 Å². The van der Waals surface area contributed by atoms with Gasteiger partial charge in [-0.05, 0) is 66.4 Å². The van der Waals surface area contributed by atoms with Crippen molar-refractivity contribution in [3.63, 3.8) is 0 Å². The second-order valence-electron chi connectivity index (χ2n) is 12.1. The van der Waals surface area contributed by atoms with Crippen molar-refractivity contribution in [3.8, 4) is 11.5 Å². The van der Waals surface area contributed by atoms with Gasteiger partial charge in [0.1, 0.15) is 0 Å². The average Bonchev–Trinajstić information content (AvgIpc) is 3.01. The second-order valence-corrected chi connectivity index (χ2v) is 12.1. The number of para-hydroxylation sites is 2. The van der Waals surface area contributed by atoms with Crippen LogP contribution in [0.4, 0.5) is 4.79 Å². The molecular formula is C35H41N3O6. The molecule has 2 aliphatic carbocycles. The Balaban J connectivity index is 1.40. The SMILES string of the molecule is COc1cccc(/C=C2\C[C@H](C)Cc3c2nc2ccccc2c3C(=O)OCC(=O)NC(=O)N[C@@H]2CCC[C@@H](C)[C@H]2C)c1OC. The first-order valence-corrected chi connectivity index (χ1v) is 15.3. The summed E-state index contributed by atoms with van der Waals surface area (Å²) in [4.78, 5) is 43.9. The fourth-order valence-corrected chi connectivity index (χ4v) is 6.54. The van der Waals surface area contributed by atoms with Crippen LogP contribution in [0, 0.1) is 17.8 Å². The molecule has 1 saturated carbocycles. The number of amides is 3. The van der Waals surface area contributed by atoms with Crippen LogP contribution >= 0.6 is 0 Å². The number of methoxy groups -OCH3 is 2. The molecule has 2 aliphatic rings. The van der Waals surface area contributed by atoms with Crippen molar-refractivity contribution in [1.82, 2.24) is 15.6 Å². The van der Waals surface area contributed by atoms with Gasteiger partial charge in [0.05, 0.1) is 31.0 Å². The number of carbonyl (C=O) groups excluding carboxylic acids is 3. The summed E-state index contributed by atoms with van der Waals surface area (Å²) < 4.78 is 16.7. The van der Waals surface area contributed by atoms with E-state index in [1.54, 1.807) is 14.2 Å². The molecule has 1 heterocycles. The van der Waals surface area contributed by atoms with Gasteiger partial charge in [0.2, 0.25) is 0 Å². The number of rotatable bonds is 7. The van der Waals surface area contributed by atoms with Gasteiger partial charge in [0.25, 0.3) is 5.91 Å². The van der Waals surface area contributed by atoms with E-state index in [0.29, 0.717) is 46.2 Å². The zero-order valence-electron chi connectivity index (χ0n) is 26.1. The molecule has 2 N–H and O–H groups in total. The van der Waals surface area contributed by atoms with Crippen LogP contribution in [0.3, 0.4) is 0 Å². The molecule has 0 bridgehead atoms. The number of esters is 1. The molecule has 232 valence electrons. The second kappa shape index (κ2) is 13.5. The highest BCUT2D eigenvalue weighted by atomic mass is 16.5. The molecule has 5 rings (SSSR count). The minimum Gasteiger partial charge on any atom is -0.493 e. The molecule has 0 aliphatic heterocycles. The van der Waals surface area contributed by atoms with Crippen molar-refractivity contribution in [2.45, 2.75) is 58.9 Å². The quantitative estimate of drug-likeness (QED) is 0.312. The monoisotopic (exact) mass is 599 g/mol. The Labute approximate surface area is 258 Å². The highest BCUT2D eigenvalue weighted by Crippen LogP contribution is 2.41. The number of carbonyl (C=O) groups is 3. The van der Waals surface area contributed by atoms with Crippen molar-refractivity contribution in [2.75, 3.05) is 20.8 Å². The number of pyridine rings is 1. The van der Waals surface area contributed by atoms with E-state index in [1.807, 2.05) is 48.5 Å². The van der Waals surface area contributed by atoms with Crippen LogP contribution in [0.15, 0.2) is 42.5 Å². The molecule has 4 atom stereocenters. The van der Waals surface area contributed by atoms with Crippen LogP contribution in [0.1, 0.15) is 73.6 Å². The Morgan fingerprint density at radius 1 is 0.977 bits per heavy atom. The summed E-state index contributed by atoms with van der Waals surface area (Å²) in [7, 11) is 3.20. The van der Waals surface area contributed by atoms with Crippen LogP contribution < -0.4 is 20.1 Å². The lowest BCUT2D eigenvalue weighted by Crippen LogP contribution is -2.49. The standard InChI is InChI=1S/C35H41N3O6/c1-20-16-24(18-23-11-9-15-29(42-4)33(23)43-5)32-26(17-20)31(25-12-6-7-13-28(25)36-32)34(40)44-19-30(39)38-35(41)37-27-14-8-10-21(2)22(27)3/h6-7,9,11-13,15,18,20-22,27H,8,10,14,16-17,19H2,1-5H3,(H2,37,38,39,41)/b24-18+/t20-,21+,22+,27+/m0/s1. The van der Waals surface area contributed by atoms with Crippen molar-refractivity contribution in [2.24, 2.45) is 17.8 Å². The first kappa shape index (κ1) is 31.0. The van der Waals surface area contributed by atoms with Gasteiger partial charge in [-0.25, -0.2) is 14.6 Å². The summed E-state index contributed by atoms with van der Waals surface area (Å²) in [6.45, 7) is 5.85. The minimum atomic E-state index is -0.682. The molecule has 2 aromatic carbocycles. The molecule has 3 amide bonds. The zero-order chi connectivity index (χ0) is 31.4. The molecule has 3 aromatic rings. The maximum Gasteiger partial charge on any atom is 0.339 e. The van der Waals surface area contributed by atoms with E-state index in [0.717, 1.165) is 48.1 Å². The fourth-order valence-electron chi connectivity index (χ4n) is 6.54. The van der Waals surface area contributed by atoms with Crippen molar-refractivity contribution in [3.05, 3.63) is 64.8 Å². The zero-order valence-corrected chi connectivity index (χ0v) is 26.1. The van der Waals surface area contributed by atoms with Gasteiger partial charge in [-0.15, -0.1) is 0 Å². The predicted molar refractivity (Wildman–Crippen MR) is 170 cm³/mol. The smallest absolute Gasteiger partial charge is 0.339 e. The number of nitrogens with one attached hydrogen (secondary N) is 2. The Morgan fingerprint density at radius 3 is 2.55 bits per heavy atom. The van der Waals surface area contributed by atoms with Gasteiger partial charge in [-0.1, -0.05) is 63.9 Å². The van der Waals surface area contributed by atoms with E-state index >= 15 is 0 Å². The number of hydrogen-bond donors (Lipinski definition) is 2. The molecule has 9 heteroatoms. The lowest BCUT2D eigenvalue weighted by Gasteiger charge is -2.34. The number of aromatic nitrogens is 1. The summed E-state index contributed by atoms with van der Waals surface area (Å²) in [6.07, 6.45) is 6.46. The molecule has 0 spiro atoms. The van der Waals surface area contributed by atoms with E-state index in [2.05, 4.69) is 31.4 Å². The number of benzene rings is 2. The normalized spacial score (nSPS) is 22.2. The van der Waals surface area contributed by atoms with Gasteiger partial charge in [-0.3, -0.25) is 10.1 Å². The average molecular weight is 600 g/mol. The number of nitrogens with zero attached hydrogens (tertiary/aromatic N) is 1. The first-order valence-electron chi connectivity index (χ1n) is 15.3. The summed E-state index contributed by atoms with van der Waals surface area (Å²) in [6, 6.07) is 12.6. The molecule has 1 fully saturated rings. The molecule has 9 nitrogen and oxygen atoms in total. The van der Waals surface area contributed by atoms with Crippen LogP contribution in [0.2, 0.25) is 0 Å². The summed E-state index contributed by atoms with van der Waals surface area (Å²) in [5, 5.41) is 5.89. The number of urea groups is 1. The lowest BCUT2D eigenvalue weighted by atomic mass is 9.78. The molecule has 0 unspecified atom stereocenters. The topological polar surface area (TPSA) is 116 Å². The highest BCUT2D eigenvalue weighted by molar-refractivity contribution is 6.07. The third-order valence-electron chi connectivity index (χ3n) is 9.00. The Bertz CT molecular complexity index is 1600.